The third kappa shape index (κ3) is 5.43. The van der Waals surface area contributed by atoms with E-state index in [0.717, 1.165) is 0 Å². The van der Waals surface area contributed by atoms with Crippen LogP contribution in [-0.2, 0) is 27.6 Å². The molecule has 0 aliphatic carbocycles. The van der Waals surface area contributed by atoms with Gasteiger partial charge in [-0.2, -0.15) is 0 Å². The zero-order chi connectivity index (χ0) is 29.8. The Morgan fingerprint density at radius 1 is 1.24 bits per heavy atom. The number of anilines is 1. The van der Waals surface area contributed by atoms with E-state index in [2.05, 4.69) is 30.3 Å². The lowest BCUT2D eigenvalue weighted by molar-refractivity contribution is -0.0685. The highest BCUT2D eigenvalue weighted by atomic mass is 32.1. The molecule has 2 aromatic rings. The van der Waals surface area contributed by atoms with Crippen molar-refractivity contribution in [3.8, 4) is 0 Å². The summed E-state index contributed by atoms with van der Waals surface area (Å²) in [5, 5.41) is 23.4. The van der Waals surface area contributed by atoms with Crippen molar-refractivity contribution in [3.05, 3.63) is 11.0 Å². The highest BCUT2D eigenvalue weighted by molar-refractivity contribution is 7.80. The van der Waals surface area contributed by atoms with Gasteiger partial charge in [0, 0.05) is 20.0 Å². The van der Waals surface area contributed by atoms with Crippen molar-refractivity contribution in [3.63, 3.8) is 0 Å². The first kappa shape index (κ1) is 29.4. The van der Waals surface area contributed by atoms with E-state index < -0.39 is 63.5 Å². The smallest absolute Gasteiger partial charge is 0.394 e. The van der Waals surface area contributed by atoms with Gasteiger partial charge in [-0.25, -0.2) is 19.5 Å². The molecule has 8 N–H and O–H groups in total. The monoisotopic (exact) mass is 644 g/mol. The number of nitrogens with zero attached hydrogens (tertiary/aromatic N) is 6. The standard InChI is InChI=1S/C21H29N10O8PS2/c1-35-40(34,36-5-11-8(33)2-12(38-11)30-6-24-14-16(30)26-20(22)28-18(14)41)39-9-3-13(37-10(9)4-32)31-7-25-15-17(31)27-21(23)29-19(15)42/h6-14,16,32-33H,2-5H2,1H3,(H3,22,26,28,41)(H3,23,27,29,42)/t8-,9-,10?,11?,12-,13-,14?,16?,40?/m1/s1. The molecule has 6 rings (SSSR count). The van der Waals surface area contributed by atoms with Gasteiger partial charge in [0.05, 0.1) is 32.0 Å². The van der Waals surface area contributed by atoms with Crippen molar-refractivity contribution in [2.45, 2.75) is 61.9 Å². The van der Waals surface area contributed by atoms with Crippen molar-refractivity contribution in [1.82, 2.24) is 29.7 Å². The average Bonchev–Trinajstić information content (AvgIpc) is 3.72. The van der Waals surface area contributed by atoms with Gasteiger partial charge in [0.2, 0.25) is 0 Å². The molecule has 228 valence electrons. The fraction of sp³-hybridized carbons (Fsp3) is 0.619. The molecule has 4 aliphatic heterocycles. The van der Waals surface area contributed by atoms with Crippen LogP contribution in [0.5, 0.6) is 0 Å². The van der Waals surface area contributed by atoms with Crippen LogP contribution in [0.2, 0.25) is 0 Å². The quantitative estimate of drug-likeness (QED) is 0.146. The van der Waals surface area contributed by atoms with Crippen molar-refractivity contribution in [2.75, 3.05) is 26.1 Å². The Morgan fingerprint density at radius 2 is 2.02 bits per heavy atom. The summed E-state index contributed by atoms with van der Waals surface area (Å²) >= 11 is 10.5. The maximum Gasteiger partial charge on any atom is 0.474 e. The highest BCUT2D eigenvalue weighted by Gasteiger charge is 2.47. The van der Waals surface area contributed by atoms with Crippen LogP contribution in [0.3, 0.4) is 0 Å². The molecule has 21 heteroatoms. The molecule has 0 aromatic carbocycles. The summed E-state index contributed by atoms with van der Waals surface area (Å²) in [7, 11) is -3.03. The minimum Gasteiger partial charge on any atom is -0.394 e. The fourth-order valence-electron chi connectivity index (χ4n) is 5.24. The number of imidazole rings is 1. The maximum absolute atomic E-state index is 13.5. The largest absolute Gasteiger partial charge is 0.474 e. The molecule has 0 spiro atoms. The van der Waals surface area contributed by atoms with Gasteiger partial charge in [0.25, 0.3) is 0 Å². The highest BCUT2D eigenvalue weighted by Crippen LogP contribution is 2.53. The lowest BCUT2D eigenvalue weighted by atomic mass is 10.1. The van der Waals surface area contributed by atoms with Gasteiger partial charge in [-0.1, -0.05) is 24.4 Å². The summed E-state index contributed by atoms with van der Waals surface area (Å²) in [5.41, 5.74) is 12.5. The average molecular weight is 645 g/mol. The number of aliphatic imine (C=N–C) groups is 2. The van der Waals surface area contributed by atoms with Crippen LogP contribution < -0.4 is 16.8 Å². The topological polar surface area (TPSA) is 242 Å². The number of hydrogen-bond donors (Lipinski definition) is 6. The predicted molar refractivity (Wildman–Crippen MR) is 153 cm³/mol. The van der Waals surface area contributed by atoms with E-state index in [1.54, 1.807) is 15.8 Å². The predicted octanol–water partition coefficient (Wildman–Crippen LogP) is -0.733. The molecule has 2 aromatic heterocycles. The van der Waals surface area contributed by atoms with Crippen molar-refractivity contribution < 1.29 is 37.8 Å². The van der Waals surface area contributed by atoms with Crippen LogP contribution >= 0.6 is 32.3 Å². The van der Waals surface area contributed by atoms with E-state index in [4.69, 9.17) is 58.9 Å². The number of nitrogen functional groups attached to an aromatic ring is 1. The minimum atomic E-state index is -4.20. The first-order valence-electron chi connectivity index (χ1n) is 12.8. The minimum absolute atomic E-state index is 0.0995. The third-order valence-electron chi connectivity index (χ3n) is 7.30. The fourth-order valence-corrected chi connectivity index (χ4v) is 6.91. The van der Waals surface area contributed by atoms with Crippen LogP contribution in [0.25, 0.3) is 11.2 Å². The molecule has 42 heavy (non-hydrogen) atoms. The number of aromatic nitrogens is 4. The van der Waals surface area contributed by atoms with E-state index >= 15 is 0 Å². The molecule has 0 amide bonds. The van der Waals surface area contributed by atoms with Crippen LogP contribution in [0.15, 0.2) is 16.3 Å². The second-order valence-corrected chi connectivity index (χ2v) is 12.5. The normalized spacial score (nSPS) is 34.0. The Hall–Kier alpha value is -2.65. The van der Waals surface area contributed by atoms with Crippen molar-refractivity contribution in [2.24, 2.45) is 15.7 Å². The number of phosphoric ester groups is 1. The molecule has 0 bridgehead atoms. The number of aromatic amines is 1. The number of fused-ring (bicyclic) bond motifs is 2. The van der Waals surface area contributed by atoms with Gasteiger partial charge in [0.15, 0.2) is 22.7 Å². The Balaban J connectivity index is 1.10. The van der Waals surface area contributed by atoms with Gasteiger partial charge in [-0.05, 0) is 0 Å². The van der Waals surface area contributed by atoms with Crippen LogP contribution in [0.4, 0.5) is 5.95 Å². The molecule has 0 saturated carbocycles. The number of hydrogen-bond acceptors (Lipinski definition) is 17. The number of nitrogens with two attached hydrogens (primary N) is 2. The van der Waals surface area contributed by atoms with Gasteiger partial charge in [-0.3, -0.25) is 23.1 Å². The molecule has 2 saturated heterocycles. The maximum atomic E-state index is 13.5. The van der Waals surface area contributed by atoms with E-state index in [1.165, 1.54) is 13.4 Å². The van der Waals surface area contributed by atoms with E-state index in [1.807, 2.05) is 0 Å². The Kier molecular flexibility index (Phi) is 8.02. The number of phosphoric acid groups is 1. The van der Waals surface area contributed by atoms with E-state index in [9.17, 15) is 14.8 Å². The number of H-pyrrole nitrogens is 1. The summed E-state index contributed by atoms with van der Waals surface area (Å²) in [6, 6.07) is -0.423. The number of thiocarbonyl (C=S) groups is 1. The second-order valence-electron chi connectivity index (χ2n) is 9.90. The summed E-state index contributed by atoms with van der Waals surface area (Å²) < 4.78 is 43.7. The molecule has 5 unspecified atom stereocenters. The summed E-state index contributed by atoms with van der Waals surface area (Å²) in [6.45, 7) is -0.752. The molecule has 6 heterocycles. The van der Waals surface area contributed by atoms with Crippen LogP contribution in [-0.4, -0.2) is 115 Å². The van der Waals surface area contributed by atoms with Gasteiger partial charge < -0.3 is 46.4 Å². The lowest BCUT2D eigenvalue weighted by Crippen LogP contribution is -2.54. The molecule has 18 nitrogen and oxygen atoms in total. The van der Waals surface area contributed by atoms with Crippen LogP contribution in [0.1, 0.15) is 19.1 Å². The Labute approximate surface area is 248 Å². The number of aliphatic hydroxyl groups excluding tert-OH is 2. The van der Waals surface area contributed by atoms with Gasteiger partial charge in [0.1, 0.15) is 53.0 Å². The summed E-state index contributed by atoms with van der Waals surface area (Å²) in [5.74, 6) is 0.265. The molecule has 2 fully saturated rings. The van der Waals surface area contributed by atoms with Crippen molar-refractivity contribution in [1.29, 1.82) is 0 Å². The number of rotatable bonds is 9. The molecular formula is C21H29N10O8PS2. The zero-order valence-electron chi connectivity index (χ0n) is 22.0. The first-order valence-corrected chi connectivity index (χ1v) is 15.1. The SMILES string of the molecule is COP(=O)(OCC1O[C@@H](N2C=NC3C(=S)NC(N)=NC32)C[C@H]1O)O[C@@H]1C[C@H](n2cnc3c(=S)nc(N)[nH]c32)OC1CO. The Morgan fingerprint density at radius 3 is 2.79 bits per heavy atom. The number of ether oxygens (including phenoxy) is 2. The van der Waals surface area contributed by atoms with Gasteiger partial charge in [-0.15, -0.1) is 0 Å². The molecular weight excluding hydrogens is 615 g/mol. The van der Waals surface area contributed by atoms with Crippen LogP contribution in [0, 0.1) is 4.64 Å². The van der Waals surface area contributed by atoms with Gasteiger partial charge >= 0.3 is 7.82 Å². The number of nitrogens with one attached hydrogen (secondary N) is 2. The first-order chi connectivity index (χ1) is 20.1. The zero-order valence-corrected chi connectivity index (χ0v) is 24.6. The van der Waals surface area contributed by atoms with E-state index in [0.29, 0.717) is 16.2 Å². The summed E-state index contributed by atoms with van der Waals surface area (Å²) in [4.78, 5) is 22.0. The van der Waals surface area contributed by atoms with E-state index in [-0.39, 0.29) is 36.0 Å². The number of aliphatic hydroxyl groups is 2. The second kappa shape index (κ2) is 11.5. The lowest BCUT2D eigenvalue weighted by Gasteiger charge is -2.32. The summed E-state index contributed by atoms with van der Waals surface area (Å²) in [6.07, 6.45) is -2.00. The molecule has 4 aliphatic rings. The number of guanidine groups is 1. The van der Waals surface area contributed by atoms with Crippen molar-refractivity contribution >= 4 is 66.7 Å². The molecule has 9 atom stereocenters. The molecule has 0 radical (unpaired) electrons. The third-order valence-corrected chi connectivity index (χ3v) is 9.37. The Bertz CT molecular complexity index is 1540.